The van der Waals surface area contributed by atoms with E-state index >= 15 is 0 Å². The first-order valence-corrected chi connectivity index (χ1v) is 7.86. The molecule has 0 aliphatic carbocycles. The highest BCUT2D eigenvalue weighted by molar-refractivity contribution is 6.06. The summed E-state index contributed by atoms with van der Waals surface area (Å²) in [5.41, 5.74) is -0.741. The van der Waals surface area contributed by atoms with Gasteiger partial charge in [-0.1, -0.05) is 24.0 Å². The van der Waals surface area contributed by atoms with E-state index in [1.165, 1.54) is 4.90 Å². The van der Waals surface area contributed by atoms with Gasteiger partial charge in [0.05, 0.1) is 23.2 Å². The summed E-state index contributed by atoms with van der Waals surface area (Å²) in [4.78, 5) is 38.6. The second-order valence-electron chi connectivity index (χ2n) is 6.55. The molecule has 7 nitrogen and oxygen atoms in total. The average molecular weight is 357 g/mol. The third-order valence-electron chi connectivity index (χ3n) is 3.57. The van der Waals surface area contributed by atoms with Gasteiger partial charge in [-0.25, -0.2) is 14.4 Å². The number of ether oxygens (including phenoxy) is 3. The summed E-state index contributed by atoms with van der Waals surface area (Å²) in [5.74, 6) is 2.77. The van der Waals surface area contributed by atoms with E-state index < -0.39 is 35.7 Å². The predicted octanol–water partition coefficient (Wildman–Crippen LogP) is 1.19. The van der Waals surface area contributed by atoms with Gasteiger partial charge in [0.2, 0.25) is 0 Å². The Bertz CT molecular complexity index is 721. The summed E-state index contributed by atoms with van der Waals surface area (Å²) in [5, 5.41) is 0. The molecular formula is C19H19NO6. The molecule has 2 aliphatic rings. The fourth-order valence-corrected chi connectivity index (χ4v) is 2.73. The molecule has 0 spiro atoms. The number of amides is 1. The van der Waals surface area contributed by atoms with E-state index in [0.717, 1.165) is 0 Å². The molecule has 26 heavy (non-hydrogen) atoms. The fourth-order valence-electron chi connectivity index (χ4n) is 2.73. The summed E-state index contributed by atoms with van der Waals surface area (Å²) in [6.07, 6.45) is 12.8. The van der Waals surface area contributed by atoms with Crippen LogP contribution in [0, 0.1) is 24.7 Å². The van der Waals surface area contributed by atoms with Crippen LogP contribution in [0.4, 0.5) is 4.79 Å². The normalized spacial score (nSPS) is 20.4. The van der Waals surface area contributed by atoms with Crippen LogP contribution in [0.15, 0.2) is 23.3 Å². The maximum Gasteiger partial charge on any atom is 0.411 e. The maximum atomic E-state index is 12.6. The van der Waals surface area contributed by atoms with Crippen molar-refractivity contribution in [3.8, 4) is 24.7 Å². The Hall–Kier alpha value is -3.19. The molecule has 0 saturated carbocycles. The van der Waals surface area contributed by atoms with Crippen molar-refractivity contribution < 1.29 is 28.6 Å². The van der Waals surface area contributed by atoms with Crippen LogP contribution in [0.2, 0.25) is 0 Å². The van der Waals surface area contributed by atoms with Crippen LogP contribution in [0.5, 0.6) is 0 Å². The second kappa shape index (κ2) is 7.37. The van der Waals surface area contributed by atoms with Crippen molar-refractivity contribution >= 4 is 18.0 Å². The Morgan fingerprint density at radius 1 is 1.00 bits per heavy atom. The molecule has 0 unspecified atom stereocenters. The number of terminal acetylenes is 2. The predicted molar refractivity (Wildman–Crippen MR) is 91.4 cm³/mol. The Kier molecular flexibility index (Phi) is 5.42. The lowest BCUT2D eigenvalue weighted by Gasteiger charge is -2.28. The largest absolute Gasteiger partial charge is 0.449 e. The molecule has 2 heterocycles. The van der Waals surface area contributed by atoms with E-state index in [4.69, 9.17) is 27.1 Å². The van der Waals surface area contributed by atoms with Crippen LogP contribution in [0.1, 0.15) is 20.8 Å². The van der Waals surface area contributed by atoms with E-state index in [1.54, 1.807) is 32.9 Å². The first-order valence-electron chi connectivity index (χ1n) is 7.86. The van der Waals surface area contributed by atoms with Gasteiger partial charge in [0.1, 0.15) is 5.60 Å². The van der Waals surface area contributed by atoms with Gasteiger partial charge in [0.15, 0.2) is 13.2 Å². The Labute approximate surface area is 152 Å². The monoisotopic (exact) mass is 357 g/mol. The molecule has 2 aliphatic heterocycles. The molecule has 0 aromatic rings. The van der Waals surface area contributed by atoms with E-state index in [9.17, 15) is 14.4 Å². The zero-order valence-electron chi connectivity index (χ0n) is 14.8. The molecule has 2 rings (SSSR count). The number of carbonyl (C=O) groups excluding carboxylic acids is 3. The van der Waals surface area contributed by atoms with Crippen molar-refractivity contribution in [2.45, 2.75) is 38.5 Å². The van der Waals surface area contributed by atoms with Crippen molar-refractivity contribution in [1.29, 1.82) is 0 Å². The molecule has 0 radical (unpaired) electrons. The number of hydrogen-bond donors (Lipinski definition) is 0. The molecule has 2 atom stereocenters. The van der Waals surface area contributed by atoms with Crippen molar-refractivity contribution in [1.82, 2.24) is 4.90 Å². The summed E-state index contributed by atoms with van der Waals surface area (Å²) < 4.78 is 15.3. The summed E-state index contributed by atoms with van der Waals surface area (Å²) in [7, 11) is 0. The highest BCUT2D eigenvalue weighted by Gasteiger charge is 2.51. The average Bonchev–Trinajstić information content (AvgIpc) is 3.12. The first-order chi connectivity index (χ1) is 12.2. The van der Waals surface area contributed by atoms with Gasteiger partial charge in [-0.15, -0.1) is 12.8 Å². The molecule has 0 aromatic heterocycles. The van der Waals surface area contributed by atoms with E-state index in [-0.39, 0.29) is 24.4 Å². The minimum atomic E-state index is -0.798. The zero-order valence-corrected chi connectivity index (χ0v) is 14.8. The number of fused-ring (bicyclic) bond motifs is 2. The number of carbonyl (C=O) groups is 3. The minimum Gasteiger partial charge on any atom is -0.449 e. The SMILES string of the molecule is C#CCOC(=O)C1=C(C(=O)OCC#C)[C@@H]2C=C[C@H]1N2C(=O)OC(C)(C)C. The molecule has 0 saturated heterocycles. The van der Waals surface area contributed by atoms with Gasteiger partial charge < -0.3 is 14.2 Å². The van der Waals surface area contributed by atoms with E-state index in [0.29, 0.717) is 0 Å². The lowest BCUT2D eigenvalue weighted by Crippen LogP contribution is -2.42. The number of nitrogens with zero attached hydrogens (tertiary/aromatic N) is 1. The van der Waals surface area contributed by atoms with E-state index in [2.05, 4.69) is 11.8 Å². The van der Waals surface area contributed by atoms with Crippen LogP contribution < -0.4 is 0 Å². The topological polar surface area (TPSA) is 82.1 Å². The van der Waals surface area contributed by atoms with E-state index in [1.807, 2.05) is 0 Å². The maximum absolute atomic E-state index is 12.6. The van der Waals surface area contributed by atoms with Gasteiger partial charge >= 0.3 is 18.0 Å². The quantitative estimate of drug-likeness (QED) is 0.325. The number of esters is 2. The van der Waals surface area contributed by atoms with Crippen LogP contribution in [0.25, 0.3) is 0 Å². The Morgan fingerprint density at radius 2 is 1.42 bits per heavy atom. The number of rotatable bonds is 4. The second-order valence-corrected chi connectivity index (χ2v) is 6.55. The van der Waals surface area contributed by atoms with Crippen molar-refractivity contribution in [3.05, 3.63) is 23.3 Å². The highest BCUT2D eigenvalue weighted by Crippen LogP contribution is 2.39. The van der Waals surface area contributed by atoms with Crippen LogP contribution >= 0.6 is 0 Å². The molecule has 7 heteroatoms. The third kappa shape index (κ3) is 3.73. The van der Waals surface area contributed by atoms with Gasteiger partial charge in [-0.3, -0.25) is 4.90 Å². The van der Waals surface area contributed by atoms with Crippen LogP contribution in [0.3, 0.4) is 0 Å². The fraction of sp³-hybridized carbons (Fsp3) is 0.421. The van der Waals surface area contributed by atoms with Crippen molar-refractivity contribution in [3.63, 3.8) is 0 Å². The van der Waals surface area contributed by atoms with Gasteiger partial charge in [-0.2, -0.15) is 0 Å². The molecule has 0 fully saturated rings. The van der Waals surface area contributed by atoms with Gasteiger partial charge in [0, 0.05) is 0 Å². The van der Waals surface area contributed by atoms with Crippen LogP contribution in [-0.4, -0.2) is 53.8 Å². The molecule has 136 valence electrons. The summed E-state index contributed by atoms with van der Waals surface area (Å²) in [6, 6.07) is -1.60. The molecule has 2 bridgehead atoms. The lowest BCUT2D eigenvalue weighted by atomic mass is 9.97. The minimum absolute atomic E-state index is 0.000584. The molecule has 0 aromatic carbocycles. The Balaban J connectivity index is 2.35. The Morgan fingerprint density at radius 3 is 1.77 bits per heavy atom. The molecular weight excluding hydrogens is 338 g/mol. The highest BCUT2D eigenvalue weighted by atomic mass is 16.6. The first kappa shape index (κ1) is 19.1. The van der Waals surface area contributed by atoms with Crippen LogP contribution in [-0.2, 0) is 23.8 Å². The molecule has 0 N–H and O–H groups in total. The van der Waals surface area contributed by atoms with Gasteiger partial charge in [0.25, 0.3) is 0 Å². The summed E-state index contributed by atoms with van der Waals surface area (Å²) in [6.45, 7) is 4.63. The van der Waals surface area contributed by atoms with Gasteiger partial charge in [-0.05, 0) is 20.8 Å². The van der Waals surface area contributed by atoms with Crippen molar-refractivity contribution in [2.75, 3.05) is 13.2 Å². The third-order valence-corrected chi connectivity index (χ3v) is 3.57. The standard InChI is InChI=1S/C19H19NO6/c1-6-10-24-16(21)14-12-8-9-13(15(14)17(22)25-11-7-2)20(12)18(23)26-19(3,4)5/h1-2,8-9,12-13H,10-11H2,3-5H3/t12-,13+. The van der Waals surface area contributed by atoms with Crippen molar-refractivity contribution in [2.24, 2.45) is 0 Å². The lowest BCUT2D eigenvalue weighted by molar-refractivity contribution is -0.140. The number of hydrogen-bond acceptors (Lipinski definition) is 6. The summed E-state index contributed by atoms with van der Waals surface area (Å²) >= 11 is 0. The smallest absolute Gasteiger partial charge is 0.411 e. The molecule has 1 amide bonds. The zero-order chi connectivity index (χ0) is 19.5.